The molecule has 3 atom stereocenters. The van der Waals surface area contributed by atoms with Crippen molar-refractivity contribution < 1.29 is 0 Å². The molecule has 1 N–H and O–H groups in total. The van der Waals surface area contributed by atoms with Crippen LogP contribution in [0, 0.1) is 16.6 Å². The van der Waals surface area contributed by atoms with Crippen molar-refractivity contribution in [1.82, 2.24) is 24.5 Å². The minimum atomic E-state index is -0.105. The monoisotopic (exact) mass is 351 g/mol. The van der Waals surface area contributed by atoms with Gasteiger partial charge >= 0.3 is 0 Å². The number of allylic oxidation sites excluding steroid dienone is 2. The molecule has 2 heterocycles. The molecule has 2 bridgehead atoms. The van der Waals surface area contributed by atoms with E-state index in [1.165, 1.54) is 11.1 Å². The molecule has 1 fully saturated rings. The number of nitrogens with one attached hydrogen (secondary N) is 1. The summed E-state index contributed by atoms with van der Waals surface area (Å²) < 4.78 is 4.18. The summed E-state index contributed by atoms with van der Waals surface area (Å²) in [5, 5.41) is 13.1. The second kappa shape index (κ2) is 5.49. The van der Waals surface area contributed by atoms with E-state index >= 15 is 0 Å². The third-order valence-electron chi connectivity index (χ3n) is 5.41. The third-order valence-corrected chi connectivity index (χ3v) is 5.69. The summed E-state index contributed by atoms with van der Waals surface area (Å²) in [6, 6.07) is 7.82. The van der Waals surface area contributed by atoms with Crippen LogP contribution in [-0.4, -0.2) is 24.5 Å². The number of aromatic amines is 1. The Bertz CT molecular complexity index is 1110. The van der Waals surface area contributed by atoms with Crippen LogP contribution in [0.15, 0.2) is 47.4 Å². The fraction of sp³-hybridized carbons (Fsp3) is 0.333. The van der Waals surface area contributed by atoms with E-state index in [-0.39, 0.29) is 5.56 Å². The maximum Gasteiger partial charge on any atom is 0.275 e. The van der Waals surface area contributed by atoms with Crippen LogP contribution >= 0.6 is 12.2 Å². The van der Waals surface area contributed by atoms with E-state index in [0.29, 0.717) is 34.6 Å². The molecule has 0 spiro atoms. The van der Waals surface area contributed by atoms with Gasteiger partial charge in [-0.2, -0.15) is 10.2 Å². The van der Waals surface area contributed by atoms with Crippen LogP contribution in [0.1, 0.15) is 24.7 Å². The fourth-order valence-electron chi connectivity index (χ4n) is 4.21. The number of hydrogen-bond acceptors (Lipinski definition) is 4. The van der Waals surface area contributed by atoms with E-state index in [9.17, 15) is 4.79 Å². The van der Waals surface area contributed by atoms with Gasteiger partial charge in [0.2, 0.25) is 0 Å². The van der Waals surface area contributed by atoms with Gasteiger partial charge in [0.25, 0.3) is 5.56 Å². The molecule has 0 amide bonds. The van der Waals surface area contributed by atoms with E-state index in [0.717, 1.165) is 17.6 Å². The average Bonchev–Trinajstić information content (AvgIpc) is 3.33. The van der Waals surface area contributed by atoms with Crippen molar-refractivity contribution in [1.29, 1.82) is 0 Å². The number of hydrogen-bond donors (Lipinski definition) is 1. The number of benzene rings is 1. The zero-order valence-electron chi connectivity index (χ0n) is 13.5. The molecule has 126 valence electrons. The van der Waals surface area contributed by atoms with Gasteiger partial charge in [-0.25, -0.2) is 4.68 Å². The largest absolute Gasteiger partial charge is 0.299 e. The number of H-pyrrole nitrogens is 1. The number of rotatable bonds is 3. The molecule has 0 radical (unpaired) electrons. The molecule has 0 aliphatic heterocycles. The Morgan fingerprint density at radius 2 is 2.12 bits per heavy atom. The van der Waals surface area contributed by atoms with Crippen molar-refractivity contribution in [2.75, 3.05) is 0 Å². The molecule has 1 saturated carbocycles. The molecule has 2 aliphatic rings. The summed E-state index contributed by atoms with van der Waals surface area (Å²) in [6.45, 7) is 0.314. The van der Waals surface area contributed by atoms with Crippen LogP contribution in [0.4, 0.5) is 0 Å². The highest BCUT2D eigenvalue weighted by Crippen LogP contribution is 2.46. The average molecular weight is 351 g/mol. The van der Waals surface area contributed by atoms with Gasteiger partial charge in [-0.3, -0.25) is 14.5 Å². The third kappa shape index (κ3) is 2.30. The highest BCUT2D eigenvalue weighted by molar-refractivity contribution is 7.71. The van der Waals surface area contributed by atoms with E-state index in [1.54, 1.807) is 6.20 Å². The lowest BCUT2D eigenvalue weighted by Gasteiger charge is -2.21. The Balaban J connectivity index is 1.56. The van der Waals surface area contributed by atoms with Crippen LogP contribution in [0.25, 0.3) is 10.8 Å². The van der Waals surface area contributed by atoms with Gasteiger partial charge in [0.05, 0.1) is 11.6 Å². The first-order chi connectivity index (χ1) is 12.2. The SMILES string of the molecule is O=c1c2ccccc2cnn1Cc1n[nH]c(=S)n1[C@H]1C[C@H]2C=C[C@H]1C2. The summed E-state index contributed by atoms with van der Waals surface area (Å²) in [5.74, 6) is 1.91. The van der Waals surface area contributed by atoms with Crippen LogP contribution in [0.3, 0.4) is 0 Å². The predicted octanol–water partition coefficient (Wildman–Crippen LogP) is 2.84. The molecule has 25 heavy (non-hydrogen) atoms. The van der Waals surface area contributed by atoms with Crippen molar-refractivity contribution in [2.24, 2.45) is 11.8 Å². The van der Waals surface area contributed by atoms with Gasteiger partial charge < -0.3 is 0 Å². The summed E-state index contributed by atoms with van der Waals surface area (Å²) in [6.07, 6.45) is 8.59. The first-order valence-electron chi connectivity index (χ1n) is 8.49. The Labute approximate surface area is 148 Å². The van der Waals surface area contributed by atoms with Gasteiger partial charge in [0.15, 0.2) is 10.6 Å². The maximum absolute atomic E-state index is 12.7. The van der Waals surface area contributed by atoms with Gasteiger partial charge in [-0.1, -0.05) is 30.4 Å². The zero-order chi connectivity index (χ0) is 17.0. The first kappa shape index (κ1) is 14.8. The normalized spacial score (nSPS) is 24.4. The van der Waals surface area contributed by atoms with Gasteiger partial charge in [0, 0.05) is 11.4 Å². The lowest BCUT2D eigenvalue weighted by atomic mass is 10.0. The van der Waals surface area contributed by atoms with Crippen LogP contribution in [0.5, 0.6) is 0 Å². The van der Waals surface area contributed by atoms with Crippen LogP contribution in [-0.2, 0) is 6.54 Å². The van der Waals surface area contributed by atoms with Gasteiger partial charge in [0.1, 0.15) is 6.54 Å². The fourth-order valence-corrected chi connectivity index (χ4v) is 4.50. The molecule has 0 unspecified atom stereocenters. The van der Waals surface area contributed by atoms with Crippen molar-refractivity contribution >= 4 is 23.0 Å². The maximum atomic E-state index is 12.7. The number of nitrogens with zero attached hydrogens (tertiary/aromatic N) is 4. The molecule has 7 heteroatoms. The second-order valence-electron chi connectivity index (χ2n) is 6.86. The summed E-state index contributed by atoms with van der Waals surface area (Å²) >= 11 is 5.46. The predicted molar refractivity (Wildman–Crippen MR) is 96.9 cm³/mol. The van der Waals surface area contributed by atoms with E-state index in [1.807, 2.05) is 24.3 Å². The van der Waals surface area contributed by atoms with Crippen molar-refractivity contribution in [3.8, 4) is 0 Å². The Hall–Kier alpha value is -2.54. The van der Waals surface area contributed by atoms with Crippen LogP contribution in [0.2, 0.25) is 0 Å². The Kier molecular flexibility index (Phi) is 3.24. The highest BCUT2D eigenvalue weighted by atomic mass is 32.1. The zero-order valence-corrected chi connectivity index (χ0v) is 14.3. The lowest BCUT2D eigenvalue weighted by Crippen LogP contribution is -2.26. The second-order valence-corrected chi connectivity index (χ2v) is 7.24. The highest BCUT2D eigenvalue weighted by Gasteiger charge is 2.38. The Morgan fingerprint density at radius 3 is 2.92 bits per heavy atom. The molecule has 2 aliphatic carbocycles. The van der Waals surface area contributed by atoms with Crippen molar-refractivity contribution in [2.45, 2.75) is 25.4 Å². The molecule has 1 aromatic carbocycles. The summed E-state index contributed by atoms with van der Waals surface area (Å²) in [4.78, 5) is 12.7. The molecular weight excluding hydrogens is 334 g/mol. The molecule has 6 nitrogen and oxygen atoms in total. The van der Waals surface area contributed by atoms with Crippen molar-refractivity contribution in [3.63, 3.8) is 0 Å². The molecular formula is C18H17N5OS. The molecule has 2 aromatic heterocycles. The van der Waals surface area contributed by atoms with Gasteiger partial charge in [-0.05, 0) is 43.0 Å². The quantitative estimate of drug-likeness (QED) is 0.582. The summed E-state index contributed by atoms with van der Waals surface area (Å²) in [7, 11) is 0. The van der Waals surface area contributed by atoms with Crippen LogP contribution < -0.4 is 5.56 Å². The first-order valence-corrected chi connectivity index (χ1v) is 8.90. The standard InChI is InChI=1S/C18H17N5OS/c24-17-14-4-2-1-3-13(14)9-19-22(17)10-16-20-21-18(25)23(16)15-8-11-5-6-12(15)7-11/h1-6,9,11-12,15H,7-8,10H2,(H,21,25)/t11-,12-,15-/m0/s1. The lowest BCUT2D eigenvalue weighted by molar-refractivity contribution is 0.407. The minimum Gasteiger partial charge on any atom is -0.299 e. The van der Waals surface area contributed by atoms with E-state index in [2.05, 4.69) is 32.0 Å². The van der Waals surface area contributed by atoms with E-state index < -0.39 is 0 Å². The Morgan fingerprint density at radius 1 is 1.24 bits per heavy atom. The number of aromatic nitrogens is 5. The molecule has 5 rings (SSSR count). The van der Waals surface area contributed by atoms with Gasteiger partial charge in [-0.15, -0.1) is 0 Å². The topological polar surface area (TPSA) is 68.5 Å². The summed E-state index contributed by atoms with van der Waals surface area (Å²) in [5.41, 5.74) is -0.105. The minimum absolute atomic E-state index is 0.105. The molecule has 0 saturated heterocycles. The smallest absolute Gasteiger partial charge is 0.275 e. The molecule has 3 aromatic rings. The van der Waals surface area contributed by atoms with E-state index in [4.69, 9.17) is 12.2 Å². The van der Waals surface area contributed by atoms with Crippen molar-refractivity contribution in [3.05, 3.63) is 63.6 Å². The number of fused-ring (bicyclic) bond motifs is 3.